The van der Waals surface area contributed by atoms with Crippen LogP contribution in [0.5, 0.6) is 0 Å². The molecule has 3 amide bonds. The lowest BCUT2D eigenvalue weighted by molar-refractivity contribution is -0.130. The molecule has 8 heteroatoms. The molecule has 0 saturated carbocycles. The van der Waals surface area contributed by atoms with E-state index in [1.54, 1.807) is 4.90 Å². The lowest BCUT2D eigenvalue weighted by atomic mass is 9.96. The van der Waals surface area contributed by atoms with E-state index in [0.717, 1.165) is 53.6 Å². The molecule has 4 rings (SSSR count). The summed E-state index contributed by atoms with van der Waals surface area (Å²) in [6, 6.07) is 11.2. The zero-order chi connectivity index (χ0) is 21.6. The maximum atomic E-state index is 12.8. The Morgan fingerprint density at radius 1 is 1.00 bits per heavy atom. The van der Waals surface area contributed by atoms with Gasteiger partial charge in [0.15, 0.2) is 0 Å². The van der Waals surface area contributed by atoms with Gasteiger partial charge in [0.25, 0.3) is 5.91 Å². The summed E-state index contributed by atoms with van der Waals surface area (Å²) in [6.45, 7) is 2.79. The molecule has 0 radical (unpaired) electrons. The van der Waals surface area contributed by atoms with E-state index in [0.29, 0.717) is 19.5 Å². The van der Waals surface area contributed by atoms with Gasteiger partial charge in [0, 0.05) is 43.4 Å². The van der Waals surface area contributed by atoms with Gasteiger partial charge in [-0.3, -0.25) is 14.4 Å². The number of hydrogen-bond donors (Lipinski definition) is 1. The fourth-order valence-electron chi connectivity index (χ4n) is 3.98. The third-order valence-corrected chi connectivity index (χ3v) is 7.55. The van der Waals surface area contributed by atoms with Crippen LogP contribution in [0.1, 0.15) is 28.1 Å². The van der Waals surface area contributed by atoms with E-state index in [4.69, 9.17) is 0 Å². The minimum absolute atomic E-state index is 0.00817. The van der Waals surface area contributed by atoms with E-state index in [2.05, 4.69) is 5.32 Å². The highest BCUT2D eigenvalue weighted by Gasteiger charge is 2.29. The minimum Gasteiger partial charge on any atom is -0.341 e. The quantitative estimate of drug-likeness (QED) is 0.748. The van der Waals surface area contributed by atoms with Crippen LogP contribution in [0.4, 0.5) is 5.69 Å². The van der Waals surface area contributed by atoms with E-state index in [1.165, 1.54) is 11.3 Å². The molecule has 2 fully saturated rings. The number of nitrogens with one attached hydrogen (secondary N) is 1. The lowest BCUT2D eigenvalue weighted by Crippen LogP contribution is -2.43. The number of likely N-dealkylation sites (tertiary alicyclic amines) is 1. The smallest absolute Gasteiger partial charge is 0.263 e. The Hall–Kier alpha value is -2.32. The zero-order valence-corrected chi connectivity index (χ0v) is 19.1. The van der Waals surface area contributed by atoms with Crippen molar-refractivity contribution in [1.82, 2.24) is 9.80 Å². The summed E-state index contributed by atoms with van der Waals surface area (Å²) in [4.78, 5) is 42.2. The van der Waals surface area contributed by atoms with Gasteiger partial charge in [0.2, 0.25) is 11.8 Å². The molecule has 0 bridgehead atoms. The Balaban J connectivity index is 1.30. The first-order valence-corrected chi connectivity index (χ1v) is 12.7. The maximum Gasteiger partial charge on any atom is 0.263 e. The predicted molar refractivity (Wildman–Crippen MR) is 126 cm³/mol. The van der Waals surface area contributed by atoms with Gasteiger partial charge in [0.1, 0.15) is 0 Å². The molecule has 2 aromatic rings. The topological polar surface area (TPSA) is 69.7 Å². The molecule has 1 aromatic heterocycles. The van der Waals surface area contributed by atoms with Crippen LogP contribution in [0.2, 0.25) is 0 Å². The highest BCUT2D eigenvalue weighted by atomic mass is 32.2. The molecule has 31 heavy (non-hydrogen) atoms. The second-order valence-corrected chi connectivity index (χ2v) is 10.1. The first-order valence-electron chi connectivity index (χ1n) is 10.7. The normalized spacial score (nSPS) is 19.2. The third kappa shape index (κ3) is 5.68. The van der Waals surface area contributed by atoms with Crippen molar-refractivity contribution in [3.63, 3.8) is 0 Å². The zero-order valence-electron chi connectivity index (χ0n) is 17.4. The van der Waals surface area contributed by atoms with Crippen molar-refractivity contribution in [1.29, 1.82) is 0 Å². The predicted octanol–water partition coefficient (Wildman–Crippen LogP) is 3.36. The second kappa shape index (κ2) is 10.3. The van der Waals surface area contributed by atoms with Gasteiger partial charge < -0.3 is 15.1 Å². The summed E-state index contributed by atoms with van der Waals surface area (Å²) in [7, 11) is 0. The number of nitrogens with zero attached hydrogens (tertiary/aromatic N) is 2. The van der Waals surface area contributed by atoms with Crippen LogP contribution in [0.25, 0.3) is 0 Å². The van der Waals surface area contributed by atoms with E-state index >= 15 is 0 Å². The van der Waals surface area contributed by atoms with Gasteiger partial charge in [-0.25, -0.2) is 0 Å². The average molecular weight is 458 g/mol. The summed E-state index contributed by atoms with van der Waals surface area (Å²) >= 11 is 3.32. The second-order valence-electron chi connectivity index (χ2n) is 7.92. The highest BCUT2D eigenvalue weighted by molar-refractivity contribution is 7.99. The molecule has 1 atom stereocenters. The molecule has 2 aliphatic rings. The Labute approximate surface area is 191 Å². The standard InChI is InChI=1S/C23H27N3O3S2/c27-21(25-10-13-30-14-11-25)15-17-5-7-19(8-6-17)24-22(28)18-3-1-9-26(16-18)23(29)20-4-2-12-31-20/h2,4-8,12,18H,1,3,9-11,13-16H2,(H,24,28). The maximum absolute atomic E-state index is 12.8. The Bertz CT molecular complexity index is 909. The van der Waals surface area contributed by atoms with Crippen LogP contribution < -0.4 is 5.32 Å². The SMILES string of the molecule is O=C(Nc1ccc(CC(=O)N2CCSCC2)cc1)C1CCCN(C(=O)c2cccs2)C1. The number of amides is 3. The first kappa shape index (κ1) is 21.9. The number of rotatable bonds is 5. The van der Waals surface area contributed by atoms with Gasteiger partial charge in [-0.1, -0.05) is 18.2 Å². The molecule has 1 unspecified atom stereocenters. The number of hydrogen-bond acceptors (Lipinski definition) is 5. The number of thioether (sulfide) groups is 1. The Morgan fingerprint density at radius 2 is 1.77 bits per heavy atom. The third-order valence-electron chi connectivity index (χ3n) is 5.75. The van der Waals surface area contributed by atoms with E-state index < -0.39 is 0 Å². The number of piperidine rings is 1. The molecule has 3 heterocycles. The van der Waals surface area contributed by atoms with Crippen molar-refractivity contribution in [2.45, 2.75) is 19.3 Å². The number of carbonyl (C=O) groups excluding carboxylic acids is 3. The van der Waals surface area contributed by atoms with Gasteiger partial charge in [0.05, 0.1) is 17.2 Å². The van der Waals surface area contributed by atoms with E-state index in [1.807, 2.05) is 58.4 Å². The summed E-state index contributed by atoms with van der Waals surface area (Å²) < 4.78 is 0. The van der Waals surface area contributed by atoms with Crippen LogP contribution in [0, 0.1) is 5.92 Å². The van der Waals surface area contributed by atoms with Gasteiger partial charge in [-0.15, -0.1) is 11.3 Å². The van der Waals surface area contributed by atoms with Crippen LogP contribution in [0.3, 0.4) is 0 Å². The van der Waals surface area contributed by atoms with Crippen LogP contribution >= 0.6 is 23.1 Å². The molecule has 0 spiro atoms. The summed E-state index contributed by atoms with van der Waals surface area (Å²) in [5, 5.41) is 4.87. The van der Waals surface area contributed by atoms with Crippen molar-refractivity contribution in [2.24, 2.45) is 5.92 Å². The van der Waals surface area contributed by atoms with E-state index in [-0.39, 0.29) is 23.6 Å². The molecule has 1 N–H and O–H groups in total. The van der Waals surface area contributed by atoms with Crippen LogP contribution in [0.15, 0.2) is 41.8 Å². The van der Waals surface area contributed by atoms with Crippen molar-refractivity contribution >= 4 is 46.5 Å². The molecule has 0 aliphatic carbocycles. The van der Waals surface area contributed by atoms with Gasteiger partial charge in [-0.05, 0) is 42.0 Å². The molecule has 1 aromatic carbocycles. The molecular weight excluding hydrogens is 430 g/mol. The fraction of sp³-hybridized carbons (Fsp3) is 0.435. The molecule has 164 valence electrons. The molecule has 2 aliphatic heterocycles. The van der Waals surface area contributed by atoms with Crippen molar-refractivity contribution in [3.8, 4) is 0 Å². The minimum atomic E-state index is -0.212. The highest BCUT2D eigenvalue weighted by Crippen LogP contribution is 2.22. The van der Waals surface area contributed by atoms with E-state index in [9.17, 15) is 14.4 Å². The fourth-order valence-corrected chi connectivity index (χ4v) is 5.58. The number of benzene rings is 1. The Morgan fingerprint density at radius 3 is 2.48 bits per heavy atom. The summed E-state index contributed by atoms with van der Waals surface area (Å²) in [5.74, 6) is 1.92. The van der Waals surface area contributed by atoms with Crippen molar-refractivity contribution in [2.75, 3.05) is 43.0 Å². The van der Waals surface area contributed by atoms with Gasteiger partial charge in [-0.2, -0.15) is 11.8 Å². The van der Waals surface area contributed by atoms with Crippen LogP contribution in [-0.2, 0) is 16.0 Å². The van der Waals surface area contributed by atoms with Crippen LogP contribution in [-0.4, -0.2) is 65.2 Å². The summed E-state index contributed by atoms with van der Waals surface area (Å²) in [5.41, 5.74) is 1.67. The summed E-state index contributed by atoms with van der Waals surface area (Å²) in [6.07, 6.45) is 1.99. The van der Waals surface area contributed by atoms with Crippen molar-refractivity contribution in [3.05, 3.63) is 52.2 Å². The number of carbonyl (C=O) groups is 3. The molecular formula is C23H27N3O3S2. The molecule has 6 nitrogen and oxygen atoms in total. The molecule has 2 saturated heterocycles. The van der Waals surface area contributed by atoms with Crippen molar-refractivity contribution < 1.29 is 14.4 Å². The first-order chi connectivity index (χ1) is 15.1. The lowest BCUT2D eigenvalue weighted by Gasteiger charge is -2.31. The number of thiophene rings is 1. The Kier molecular flexibility index (Phi) is 7.29. The number of anilines is 1. The van der Waals surface area contributed by atoms with Gasteiger partial charge >= 0.3 is 0 Å². The average Bonchev–Trinajstić information content (AvgIpc) is 3.35. The largest absolute Gasteiger partial charge is 0.341 e. The monoisotopic (exact) mass is 457 g/mol.